The zero-order valence-corrected chi connectivity index (χ0v) is 11.1. The number of piperidine rings is 1. The number of amides is 1. The first kappa shape index (κ1) is 12.8. The normalized spacial score (nSPS) is 15.6. The zero-order valence-electron chi connectivity index (χ0n) is 11.1. The van der Waals surface area contributed by atoms with Crippen molar-refractivity contribution >= 4 is 11.9 Å². The van der Waals surface area contributed by atoms with Crippen molar-refractivity contribution in [1.29, 1.82) is 0 Å². The van der Waals surface area contributed by atoms with Gasteiger partial charge in [0.15, 0.2) is 0 Å². The summed E-state index contributed by atoms with van der Waals surface area (Å²) in [6.07, 6.45) is 3.62. The van der Waals surface area contributed by atoms with Crippen molar-refractivity contribution in [3.8, 4) is 0 Å². The molecule has 0 radical (unpaired) electrons. The molecule has 0 spiro atoms. The number of nitrogens with one attached hydrogen (secondary N) is 1. The van der Waals surface area contributed by atoms with Crippen LogP contribution in [0.4, 0.5) is 5.95 Å². The molecule has 0 atom stereocenters. The minimum absolute atomic E-state index is 0.124. The zero-order chi connectivity index (χ0) is 13.0. The van der Waals surface area contributed by atoms with E-state index >= 15 is 0 Å². The first-order valence-corrected chi connectivity index (χ1v) is 6.59. The van der Waals surface area contributed by atoms with Crippen LogP contribution < -0.4 is 10.2 Å². The maximum atomic E-state index is 11.8. The van der Waals surface area contributed by atoms with Crippen molar-refractivity contribution in [2.75, 3.05) is 24.5 Å². The molecule has 98 valence electrons. The lowest BCUT2D eigenvalue weighted by Crippen LogP contribution is -2.32. The molecule has 5 nitrogen and oxygen atoms in total. The summed E-state index contributed by atoms with van der Waals surface area (Å²) in [6, 6.07) is 1.73. The Labute approximate surface area is 108 Å². The van der Waals surface area contributed by atoms with E-state index in [1.807, 2.05) is 13.8 Å². The number of aromatic nitrogens is 2. The van der Waals surface area contributed by atoms with Crippen LogP contribution in [-0.4, -0.2) is 35.5 Å². The lowest BCUT2D eigenvalue weighted by Gasteiger charge is -2.27. The highest BCUT2D eigenvalue weighted by Gasteiger charge is 2.16. The van der Waals surface area contributed by atoms with Gasteiger partial charge in [-0.1, -0.05) is 0 Å². The van der Waals surface area contributed by atoms with Gasteiger partial charge in [-0.15, -0.1) is 0 Å². The lowest BCUT2D eigenvalue weighted by atomic mass is 10.1. The van der Waals surface area contributed by atoms with E-state index in [1.165, 1.54) is 19.3 Å². The van der Waals surface area contributed by atoms with E-state index in [2.05, 4.69) is 20.2 Å². The number of nitrogens with zero attached hydrogens (tertiary/aromatic N) is 3. The molecular formula is C13H20N4O. The summed E-state index contributed by atoms with van der Waals surface area (Å²) < 4.78 is 0. The van der Waals surface area contributed by atoms with Gasteiger partial charge in [0.2, 0.25) is 5.95 Å². The molecule has 2 heterocycles. The van der Waals surface area contributed by atoms with Crippen LogP contribution in [0.1, 0.15) is 42.4 Å². The molecule has 0 saturated carbocycles. The third kappa shape index (κ3) is 2.97. The molecule has 5 heteroatoms. The predicted molar refractivity (Wildman–Crippen MR) is 70.8 cm³/mol. The SMILES string of the molecule is CCNC(=O)c1cc(C)nc(N2CCCCC2)n1. The minimum Gasteiger partial charge on any atom is -0.351 e. The van der Waals surface area contributed by atoms with Crippen LogP contribution >= 0.6 is 0 Å². The third-order valence-electron chi connectivity index (χ3n) is 3.05. The summed E-state index contributed by atoms with van der Waals surface area (Å²) in [7, 11) is 0. The van der Waals surface area contributed by atoms with Gasteiger partial charge in [0.05, 0.1) is 0 Å². The van der Waals surface area contributed by atoms with Crippen LogP contribution in [0.5, 0.6) is 0 Å². The summed E-state index contributed by atoms with van der Waals surface area (Å²) in [4.78, 5) is 22.8. The summed E-state index contributed by atoms with van der Waals surface area (Å²) in [5.41, 5.74) is 1.30. The molecule has 0 aromatic carbocycles. The second kappa shape index (κ2) is 5.80. The molecule has 0 unspecified atom stereocenters. The first-order chi connectivity index (χ1) is 8.70. The molecule has 1 N–H and O–H groups in total. The smallest absolute Gasteiger partial charge is 0.270 e. The van der Waals surface area contributed by atoms with Gasteiger partial charge in [-0.2, -0.15) is 0 Å². The van der Waals surface area contributed by atoms with Gasteiger partial charge < -0.3 is 10.2 Å². The first-order valence-electron chi connectivity index (χ1n) is 6.59. The fourth-order valence-corrected chi connectivity index (χ4v) is 2.16. The summed E-state index contributed by atoms with van der Waals surface area (Å²) in [5.74, 6) is 0.567. The van der Waals surface area contributed by atoms with Crippen LogP contribution in [0.25, 0.3) is 0 Å². The Morgan fingerprint density at radius 2 is 2.06 bits per heavy atom. The number of rotatable bonds is 3. The standard InChI is InChI=1S/C13H20N4O/c1-3-14-12(18)11-9-10(2)15-13(16-11)17-7-5-4-6-8-17/h9H,3-8H2,1-2H3,(H,14,18). The summed E-state index contributed by atoms with van der Waals surface area (Å²) in [6.45, 7) is 6.38. The predicted octanol–water partition coefficient (Wildman–Crippen LogP) is 1.53. The fourth-order valence-electron chi connectivity index (χ4n) is 2.16. The van der Waals surface area contributed by atoms with Gasteiger partial charge in [0.1, 0.15) is 5.69 Å². The van der Waals surface area contributed by atoms with Crippen molar-refractivity contribution in [2.24, 2.45) is 0 Å². The van der Waals surface area contributed by atoms with E-state index < -0.39 is 0 Å². The van der Waals surface area contributed by atoms with Crippen molar-refractivity contribution in [1.82, 2.24) is 15.3 Å². The number of aryl methyl sites for hydroxylation is 1. The average Bonchev–Trinajstić information content (AvgIpc) is 2.39. The molecule has 1 aliphatic heterocycles. The van der Waals surface area contributed by atoms with E-state index in [4.69, 9.17) is 0 Å². The number of carbonyl (C=O) groups excluding carboxylic acids is 1. The highest BCUT2D eigenvalue weighted by atomic mass is 16.1. The van der Waals surface area contributed by atoms with Gasteiger partial charge in [-0.05, 0) is 39.2 Å². The van der Waals surface area contributed by atoms with Crippen LogP contribution in [0.2, 0.25) is 0 Å². The van der Waals surface area contributed by atoms with Gasteiger partial charge in [0, 0.05) is 25.3 Å². The maximum Gasteiger partial charge on any atom is 0.270 e. The third-order valence-corrected chi connectivity index (χ3v) is 3.05. The summed E-state index contributed by atoms with van der Waals surface area (Å²) in [5, 5.41) is 2.77. The largest absolute Gasteiger partial charge is 0.351 e. The van der Waals surface area contributed by atoms with E-state index in [1.54, 1.807) is 6.07 Å². The Balaban J connectivity index is 2.22. The second-order valence-electron chi connectivity index (χ2n) is 4.60. The van der Waals surface area contributed by atoms with Gasteiger partial charge in [-0.3, -0.25) is 4.79 Å². The lowest BCUT2D eigenvalue weighted by molar-refractivity contribution is 0.0950. The van der Waals surface area contributed by atoms with Gasteiger partial charge >= 0.3 is 0 Å². The molecule has 0 aliphatic carbocycles. The van der Waals surface area contributed by atoms with E-state index in [0.29, 0.717) is 18.2 Å². The van der Waals surface area contributed by atoms with Crippen molar-refractivity contribution in [2.45, 2.75) is 33.1 Å². The molecule has 1 fully saturated rings. The molecule has 0 bridgehead atoms. The summed E-state index contributed by atoms with van der Waals surface area (Å²) >= 11 is 0. The Morgan fingerprint density at radius 1 is 1.33 bits per heavy atom. The Morgan fingerprint density at radius 3 is 2.72 bits per heavy atom. The number of carbonyl (C=O) groups is 1. The molecule has 1 amide bonds. The maximum absolute atomic E-state index is 11.8. The fraction of sp³-hybridized carbons (Fsp3) is 0.615. The molecule has 18 heavy (non-hydrogen) atoms. The highest BCUT2D eigenvalue weighted by molar-refractivity contribution is 5.92. The van der Waals surface area contributed by atoms with Crippen molar-refractivity contribution in [3.63, 3.8) is 0 Å². The Bertz CT molecular complexity index is 427. The molecule has 1 saturated heterocycles. The number of hydrogen-bond donors (Lipinski definition) is 1. The molecule has 1 aliphatic rings. The molecule has 2 rings (SSSR count). The van der Waals surface area contributed by atoms with Gasteiger partial charge in [-0.25, -0.2) is 9.97 Å². The monoisotopic (exact) mass is 248 g/mol. The highest BCUT2D eigenvalue weighted by Crippen LogP contribution is 2.16. The van der Waals surface area contributed by atoms with Crippen LogP contribution in [-0.2, 0) is 0 Å². The van der Waals surface area contributed by atoms with Crippen LogP contribution in [0, 0.1) is 6.92 Å². The average molecular weight is 248 g/mol. The van der Waals surface area contributed by atoms with E-state index in [0.717, 1.165) is 18.8 Å². The number of hydrogen-bond acceptors (Lipinski definition) is 4. The van der Waals surface area contributed by atoms with Gasteiger partial charge in [0.25, 0.3) is 5.91 Å². The van der Waals surface area contributed by atoms with Crippen molar-refractivity contribution < 1.29 is 4.79 Å². The van der Waals surface area contributed by atoms with E-state index in [9.17, 15) is 4.79 Å². The molecular weight excluding hydrogens is 228 g/mol. The Kier molecular flexibility index (Phi) is 4.12. The number of anilines is 1. The molecule has 1 aromatic rings. The van der Waals surface area contributed by atoms with Crippen molar-refractivity contribution in [3.05, 3.63) is 17.5 Å². The van der Waals surface area contributed by atoms with Crippen LogP contribution in [0.15, 0.2) is 6.07 Å². The van der Waals surface area contributed by atoms with E-state index in [-0.39, 0.29) is 5.91 Å². The van der Waals surface area contributed by atoms with Crippen LogP contribution in [0.3, 0.4) is 0 Å². The Hall–Kier alpha value is -1.65. The minimum atomic E-state index is -0.124. The molecule has 1 aromatic heterocycles. The topological polar surface area (TPSA) is 58.1 Å². The quantitative estimate of drug-likeness (QED) is 0.881. The second-order valence-corrected chi connectivity index (χ2v) is 4.60.